The van der Waals surface area contributed by atoms with Gasteiger partial charge in [0.2, 0.25) is 5.78 Å². The van der Waals surface area contributed by atoms with Gasteiger partial charge < -0.3 is 19.2 Å². The van der Waals surface area contributed by atoms with Gasteiger partial charge in [0.15, 0.2) is 11.5 Å². The third kappa shape index (κ3) is 4.01. The highest BCUT2D eigenvalue weighted by Crippen LogP contribution is 2.41. The number of ketones is 1. The van der Waals surface area contributed by atoms with Gasteiger partial charge in [0, 0.05) is 31.2 Å². The number of benzene rings is 1. The minimum Gasteiger partial charge on any atom is -0.503 e. The lowest BCUT2D eigenvalue weighted by Gasteiger charge is -2.30. The Bertz CT molecular complexity index is 950. The average molecular weight is 431 g/mol. The summed E-state index contributed by atoms with van der Waals surface area (Å²) in [5.41, 5.74) is 0.590. The molecule has 4 rings (SSSR count). The minimum atomic E-state index is -0.770. The predicted molar refractivity (Wildman–Crippen MR) is 110 cm³/mol. The SMILES string of the molecule is O=C(C1=C(O)C(=O)N(CCCN2CCOCC2)[C@@H]1c1ccccc1Cl)c1ccco1. The number of aliphatic hydroxyl groups is 1. The van der Waals surface area contributed by atoms with Crippen LogP contribution in [0.1, 0.15) is 28.6 Å². The van der Waals surface area contributed by atoms with E-state index in [-0.39, 0.29) is 11.3 Å². The van der Waals surface area contributed by atoms with E-state index in [0.29, 0.717) is 36.8 Å². The molecule has 2 aliphatic heterocycles. The zero-order valence-corrected chi connectivity index (χ0v) is 17.2. The summed E-state index contributed by atoms with van der Waals surface area (Å²) in [6.45, 7) is 4.29. The van der Waals surface area contributed by atoms with Crippen LogP contribution in [0.2, 0.25) is 5.02 Å². The molecule has 7 nitrogen and oxygen atoms in total. The maximum Gasteiger partial charge on any atom is 0.290 e. The predicted octanol–water partition coefficient (Wildman–Crippen LogP) is 3.23. The number of ether oxygens (including phenoxy) is 1. The number of morpholine rings is 1. The van der Waals surface area contributed by atoms with Gasteiger partial charge in [0.25, 0.3) is 5.91 Å². The second-order valence-corrected chi connectivity index (χ2v) is 7.71. The standard InChI is InChI=1S/C22H23ClN2O5/c23-16-6-2-1-5-15(16)19-18(20(26)17-7-3-12-30-17)21(27)22(28)25(19)9-4-8-24-10-13-29-14-11-24/h1-3,5-7,12,19,27H,4,8-11,13-14H2/t19-/m1/s1. The Morgan fingerprint density at radius 1 is 1.13 bits per heavy atom. The fraction of sp³-hybridized carbons (Fsp3) is 0.364. The van der Waals surface area contributed by atoms with Gasteiger partial charge in [-0.2, -0.15) is 0 Å². The second kappa shape index (κ2) is 9.04. The van der Waals surface area contributed by atoms with Crippen LogP contribution in [0, 0.1) is 0 Å². The molecule has 0 unspecified atom stereocenters. The van der Waals surface area contributed by atoms with Gasteiger partial charge in [-0.3, -0.25) is 14.5 Å². The van der Waals surface area contributed by atoms with Crippen LogP contribution < -0.4 is 0 Å². The van der Waals surface area contributed by atoms with Crippen LogP contribution in [0.3, 0.4) is 0 Å². The van der Waals surface area contributed by atoms with E-state index >= 15 is 0 Å². The van der Waals surface area contributed by atoms with E-state index in [1.807, 2.05) is 0 Å². The van der Waals surface area contributed by atoms with Crippen LogP contribution in [-0.2, 0) is 9.53 Å². The van der Waals surface area contributed by atoms with E-state index in [4.69, 9.17) is 20.8 Å². The number of furan rings is 1. The lowest BCUT2D eigenvalue weighted by molar-refractivity contribution is -0.129. The van der Waals surface area contributed by atoms with Crippen molar-refractivity contribution in [3.63, 3.8) is 0 Å². The van der Waals surface area contributed by atoms with Gasteiger partial charge in [0.05, 0.1) is 31.1 Å². The second-order valence-electron chi connectivity index (χ2n) is 7.30. The van der Waals surface area contributed by atoms with Crippen molar-refractivity contribution in [2.75, 3.05) is 39.4 Å². The van der Waals surface area contributed by atoms with Crippen LogP contribution in [0.5, 0.6) is 0 Å². The average Bonchev–Trinajstić information content (AvgIpc) is 3.38. The molecule has 30 heavy (non-hydrogen) atoms. The first kappa shape index (κ1) is 20.7. The Balaban J connectivity index is 1.61. The Kier molecular flexibility index (Phi) is 6.22. The summed E-state index contributed by atoms with van der Waals surface area (Å²) in [7, 11) is 0. The Morgan fingerprint density at radius 3 is 2.60 bits per heavy atom. The van der Waals surface area contributed by atoms with Crippen LogP contribution in [-0.4, -0.2) is 66.0 Å². The molecular formula is C22H23ClN2O5. The van der Waals surface area contributed by atoms with Crippen LogP contribution in [0.15, 0.2) is 58.4 Å². The number of carbonyl (C=O) groups excluding carboxylic acids is 2. The Labute approximate surface area is 179 Å². The molecule has 2 aliphatic rings. The lowest BCUT2D eigenvalue weighted by atomic mass is 9.95. The maximum absolute atomic E-state index is 13.1. The van der Waals surface area contributed by atoms with Gasteiger partial charge in [-0.15, -0.1) is 0 Å². The van der Waals surface area contributed by atoms with Crippen molar-refractivity contribution in [1.29, 1.82) is 0 Å². The Hall–Kier alpha value is -2.61. The van der Waals surface area contributed by atoms with Crippen molar-refractivity contribution in [3.8, 4) is 0 Å². The highest BCUT2D eigenvalue weighted by Gasteiger charge is 2.44. The van der Waals surface area contributed by atoms with E-state index in [9.17, 15) is 14.7 Å². The Morgan fingerprint density at radius 2 is 1.90 bits per heavy atom. The topological polar surface area (TPSA) is 83.2 Å². The number of rotatable bonds is 7. The van der Waals surface area contributed by atoms with Gasteiger partial charge in [-0.1, -0.05) is 29.8 Å². The molecule has 8 heteroatoms. The van der Waals surface area contributed by atoms with Crippen LogP contribution in [0.25, 0.3) is 0 Å². The normalized spacial score (nSPS) is 20.2. The van der Waals surface area contributed by atoms with Crippen molar-refractivity contribution in [2.24, 2.45) is 0 Å². The molecule has 1 saturated heterocycles. The summed E-state index contributed by atoms with van der Waals surface area (Å²) in [5, 5.41) is 11.0. The number of carbonyl (C=O) groups is 2. The molecule has 3 heterocycles. The van der Waals surface area contributed by atoms with E-state index in [0.717, 1.165) is 19.6 Å². The molecule has 0 aliphatic carbocycles. The van der Waals surface area contributed by atoms with Crippen LogP contribution in [0.4, 0.5) is 0 Å². The molecule has 1 amide bonds. The highest BCUT2D eigenvalue weighted by molar-refractivity contribution is 6.31. The zero-order chi connectivity index (χ0) is 21.1. The summed E-state index contributed by atoms with van der Waals surface area (Å²) in [6, 6.07) is 9.38. The molecule has 0 spiro atoms. The molecule has 1 atom stereocenters. The van der Waals surface area contributed by atoms with E-state index < -0.39 is 23.5 Å². The largest absolute Gasteiger partial charge is 0.503 e. The molecule has 2 aromatic rings. The van der Waals surface area contributed by atoms with Gasteiger partial charge in [-0.05, 0) is 30.2 Å². The molecule has 0 radical (unpaired) electrons. The third-order valence-electron chi connectivity index (χ3n) is 5.47. The number of aliphatic hydroxyl groups excluding tert-OH is 1. The summed E-state index contributed by atoms with van der Waals surface area (Å²) in [4.78, 5) is 29.8. The van der Waals surface area contributed by atoms with Crippen molar-refractivity contribution in [2.45, 2.75) is 12.5 Å². The first-order valence-corrected chi connectivity index (χ1v) is 10.3. The molecule has 158 valence electrons. The fourth-order valence-electron chi connectivity index (χ4n) is 3.97. The van der Waals surface area contributed by atoms with Gasteiger partial charge in [0.1, 0.15) is 0 Å². The number of amides is 1. The molecule has 1 N–H and O–H groups in total. The molecule has 1 fully saturated rings. The monoisotopic (exact) mass is 430 g/mol. The molecular weight excluding hydrogens is 408 g/mol. The van der Waals surface area contributed by atoms with Crippen LogP contribution >= 0.6 is 11.6 Å². The number of hydrogen-bond donors (Lipinski definition) is 1. The first-order valence-electron chi connectivity index (χ1n) is 9.94. The van der Waals surface area contributed by atoms with Gasteiger partial charge >= 0.3 is 0 Å². The number of Topliss-reactive ketones (excluding diaryl/α,β-unsaturated/α-hetero) is 1. The van der Waals surface area contributed by atoms with Crippen molar-refractivity contribution in [1.82, 2.24) is 9.80 Å². The van der Waals surface area contributed by atoms with E-state index in [1.165, 1.54) is 17.2 Å². The molecule has 0 saturated carbocycles. The van der Waals surface area contributed by atoms with Gasteiger partial charge in [-0.25, -0.2) is 0 Å². The van der Waals surface area contributed by atoms with Crippen molar-refractivity contribution in [3.05, 3.63) is 70.3 Å². The fourth-order valence-corrected chi connectivity index (χ4v) is 4.21. The minimum absolute atomic E-state index is 0.00516. The first-order chi connectivity index (χ1) is 14.6. The maximum atomic E-state index is 13.1. The molecule has 1 aromatic heterocycles. The van der Waals surface area contributed by atoms with E-state index in [1.54, 1.807) is 30.3 Å². The number of nitrogens with zero attached hydrogens (tertiary/aromatic N) is 2. The summed E-state index contributed by atoms with van der Waals surface area (Å²) < 4.78 is 10.6. The van der Waals surface area contributed by atoms with E-state index in [2.05, 4.69) is 4.90 Å². The highest BCUT2D eigenvalue weighted by atomic mass is 35.5. The van der Waals surface area contributed by atoms with Crippen molar-refractivity contribution >= 4 is 23.3 Å². The summed E-state index contributed by atoms with van der Waals surface area (Å²) in [5.74, 6) is -1.58. The quantitative estimate of drug-likeness (QED) is 0.679. The smallest absolute Gasteiger partial charge is 0.290 e. The van der Waals surface area contributed by atoms with Crippen molar-refractivity contribution < 1.29 is 23.8 Å². The summed E-state index contributed by atoms with van der Waals surface area (Å²) >= 11 is 6.42. The number of halogens is 1. The zero-order valence-electron chi connectivity index (χ0n) is 16.4. The third-order valence-corrected chi connectivity index (χ3v) is 5.81. The molecule has 1 aromatic carbocycles. The summed E-state index contributed by atoms with van der Waals surface area (Å²) in [6.07, 6.45) is 2.08. The lowest BCUT2D eigenvalue weighted by Crippen LogP contribution is -2.39. The molecule has 0 bridgehead atoms. The number of hydrogen-bond acceptors (Lipinski definition) is 6.